The first-order valence-corrected chi connectivity index (χ1v) is 8.14. The third kappa shape index (κ3) is 4.14. The van der Waals surface area contributed by atoms with Gasteiger partial charge in [0, 0.05) is 22.8 Å². The molecular weight excluding hydrogens is 298 g/mol. The second kappa shape index (κ2) is 7.16. The van der Waals surface area contributed by atoms with E-state index in [0.717, 1.165) is 4.90 Å². The first-order valence-electron chi connectivity index (χ1n) is 5.82. The second-order valence-electron chi connectivity index (χ2n) is 3.78. The van der Waals surface area contributed by atoms with Crippen molar-refractivity contribution in [1.29, 1.82) is 0 Å². The Balaban J connectivity index is 1.71. The van der Waals surface area contributed by atoms with Crippen molar-refractivity contribution in [3.63, 3.8) is 0 Å². The van der Waals surface area contributed by atoms with Crippen molar-refractivity contribution in [2.24, 2.45) is 0 Å². The van der Waals surface area contributed by atoms with Gasteiger partial charge in [0.2, 0.25) is 11.8 Å². The van der Waals surface area contributed by atoms with Gasteiger partial charge < -0.3 is 15.1 Å². The molecule has 0 unspecified atom stereocenters. The molecule has 0 aliphatic heterocycles. The number of aromatic nitrogens is 1. The van der Waals surface area contributed by atoms with Gasteiger partial charge in [-0.15, -0.1) is 4.73 Å². The number of hydrogen-bond donors (Lipinski definition) is 2. The fourth-order valence-electron chi connectivity index (χ4n) is 1.35. The highest BCUT2D eigenvalue weighted by Gasteiger charge is 2.11. The Bertz CT molecular complexity index is 552. The van der Waals surface area contributed by atoms with Crippen molar-refractivity contribution in [2.45, 2.75) is 11.3 Å². The van der Waals surface area contributed by atoms with E-state index in [2.05, 4.69) is 0 Å². The molecule has 1 aromatic heterocycles. The monoisotopic (exact) mass is 311 g/mol. The van der Waals surface area contributed by atoms with Crippen molar-refractivity contribution >= 4 is 27.6 Å². The molecule has 0 fully saturated rings. The predicted molar refractivity (Wildman–Crippen MR) is 78.7 cm³/mol. The van der Waals surface area contributed by atoms with Crippen LogP contribution in [-0.2, 0) is 4.79 Å². The number of aromatic hydroxyl groups is 2. The van der Waals surface area contributed by atoms with Crippen LogP contribution in [-0.4, -0.2) is 26.7 Å². The molecule has 0 aliphatic carbocycles. The average molecular weight is 311 g/mol. The van der Waals surface area contributed by atoms with Crippen LogP contribution in [0, 0.1) is 0 Å². The molecule has 1 aromatic carbocycles. The summed E-state index contributed by atoms with van der Waals surface area (Å²) >= 11 is 0. The van der Waals surface area contributed by atoms with Crippen LogP contribution in [0.1, 0.15) is 6.42 Å². The Morgan fingerprint density at radius 3 is 2.40 bits per heavy atom. The molecule has 2 rings (SSSR count). The third-order valence-corrected chi connectivity index (χ3v) is 4.66. The van der Waals surface area contributed by atoms with Gasteiger partial charge in [-0.1, -0.05) is 39.8 Å². The molecule has 0 saturated carbocycles. The van der Waals surface area contributed by atoms with Crippen molar-refractivity contribution in [3.8, 4) is 11.8 Å². The highest BCUT2D eigenvalue weighted by Crippen LogP contribution is 2.30. The maximum Gasteiger partial charge on any atom is 0.334 e. The minimum Gasteiger partial charge on any atom is -0.492 e. The summed E-state index contributed by atoms with van der Waals surface area (Å²) in [7, 11) is 3.12. The molecule has 0 atom stereocenters. The van der Waals surface area contributed by atoms with E-state index in [-0.39, 0.29) is 18.2 Å². The average Bonchev–Trinajstić information content (AvgIpc) is 2.77. The normalized spacial score (nSPS) is 10.4. The van der Waals surface area contributed by atoms with Crippen molar-refractivity contribution in [2.75, 3.05) is 5.75 Å². The Labute approximate surface area is 123 Å². The van der Waals surface area contributed by atoms with E-state index < -0.39 is 5.97 Å². The smallest absolute Gasteiger partial charge is 0.334 e. The molecule has 0 amide bonds. The van der Waals surface area contributed by atoms with Crippen LogP contribution in [0.2, 0.25) is 0 Å². The van der Waals surface area contributed by atoms with Gasteiger partial charge in [0.1, 0.15) is 0 Å². The van der Waals surface area contributed by atoms with E-state index in [1.54, 1.807) is 10.8 Å². The van der Waals surface area contributed by atoms with E-state index in [0.29, 0.717) is 10.5 Å². The lowest BCUT2D eigenvalue weighted by atomic mass is 10.4. The van der Waals surface area contributed by atoms with Crippen molar-refractivity contribution in [3.05, 3.63) is 42.5 Å². The zero-order valence-electron chi connectivity index (χ0n) is 10.4. The van der Waals surface area contributed by atoms with Gasteiger partial charge in [0.25, 0.3) is 0 Å². The van der Waals surface area contributed by atoms with Gasteiger partial charge in [-0.2, -0.15) is 0 Å². The number of hydrogen-bond acceptors (Lipinski definition) is 6. The Morgan fingerprint density at radius 1 is 1.10 bits per heavy atom. The summed E-state index contributed by atoms with van der Waals surface area (Å²) in [6.45, 7) is 0. The molecule has 0 saturated heterocycles. The lowest BCUT2D eigenvalue weighted by Gasteiger charge is -2.06. The highest BCUT2D eigenvalue weighted by atomic mass is 33.1. The number of benzene rings is 1. The summed E-state index contributed by atoms with van der Waals surface area (Å²) in [5, 5.41) is 18.6. The zero-order chi connectivity index (χ0) is 14.4. The third-order valence-electron chi connectivity index (χ3n) is 2.28. The second-order valence-corrected chi connectivity index (χ2v) is 6.26. The van der Waals surface area contributed by atoms with E-state index in [9.17, 15) is 15.0 Å². The lowest BCUT2D eigenvalue weighted by Crippen LogP contribution is -2.19. The topological polar surface area (TPSA) is 71.7 Å². The van der Waals surface area contributed by atoms with Crippen LogP contribution in [0.5, 0.6) is 11.8 Å². The van der Waals surface area contributed by atoms with E-state index in [4.69, 9.17) is 4.84 Å². The molecule has 0 aliphatic rings. The maximum atomic E-state index is 11.5. The molecule has 0 radical (unpaired) electrons. The molecular formula is C13H13NO4S2. The van der Waals surface area contributed by atoms with Crippen LogP contribution in [0.15, 0.2) is 47.4 Å². The Hall–Kier alpha value is -1.73. The largest absolute Gasteiger partial charge is 0.492 e. The predicted octanol–water partition coefficient (Wildman–Crippen LogP) is 2.69. The van der Waals surface area contributed by atoms with E-state index in [1.165, 1.54) is 22.9 Å². The quantitative estimate of drug-likeness (QED) is 0.631. The standard InChI is InChI=1S/C13H13NO4S2/c15-11-6-7-12(16)14(11)18-13(17)8-9-19-20-10-4-2-1-3-5-10/h1-7,15-16H,8-9H2. The van der Waals surface area contributed by atoms with Crippen molar-refractivity contribution < 1.29 is 19.8 Å². The van der Waals surface area contributed by atoms with Crippen molar-refractivity contribution in [1.82, 2.24) is 4.73 Å². The van der Waals surface area contributed by atoms with E-state index in [1.807, 2.05) is 30.3 Å². The van der Waals surface area contributed by atoms with Crippen LogP contribution in [0.25, 0.3) is 0 Å². The fraction of sp³-hybridized carbons (Fsp3) is 0.154. The number of carbonyl (C=O) groups excluding carboxylic acids is 1. The molecule has 5 nitrogen and oxygen atoms in total. The van der Waals surface area contributed by atoms with Crippen LogP contribution >= 0.6 is 21.6 Å². The maximum absolute atomic E-state index is 11.5. The Morgan fingerprint density at radius 2 is 1.75 bits per heavy atom. The molecule has 0 spiro atoms. The Kier molecular flexibility index (Phi) is 5.25. The molecule has 0 bridgehead atoms. The van der Waals surface area contributed by atoms with Gasteiger partial charge in [0.15, 0.2) is 0 Å². The summed E-state index contributed by atoms with van der Waals surface area (Å²) in [5.74, 6) is -0.585. The van der Waals surface area contributed by atoms with Crippen LogP contribution in [0.3, 0.4) is 0 Å². The SMILES string of the molecule is O=C(CCSSc1ccccc1)On1c(O)ccc1O. The van der Waals surface area contributed by atoms with Gasteiger partial charge in [-0.3, -0.25) is 0 Å². The number of nitrogens with zero attached hydrogens (tertiary/aromatic N) is 1. The van der Waals surface area contributed by atoms with Gasteiger partial charge in [-0.25, -0.2) is 4.79 Å². The zero-order valence-corrected chi connectivity index (χ0v) is 12.1. The lowest BCUT2D eigenvalue weighted by molar-refractivity contribution is -0.144. The summed E-state index contributed by atoms with van der Waals surface area (Å²) in [4.78, 5) is 17.5. The summed E-state index contributed by atoms with van der Waals surface area (Å²) in [5.41, 5.74) is 0. The molecule has 20 heavy (non-hydrogen) atoms. The van der Waals surface area contributed by atoms with Crippen LogP contribution in [0.4, 0.5) is 0 Å². The number of rotatable bonds is 6. The minimum atomic E-state index is -0.520. The van der Waals surface area contributed by atoms with Gasteiger partial charge in [-0.05, 0) is 12.1 Å². The van der Waals surface area contributed by atoms with Crippen LogP contribution < -0.4 is 4.84 Å². The van der Waals surface area contributed by atoms with E-state index >= 15 is 0 Å². The minimum absolute atomic E-state index is 0.182. The molecule has 7 heteroatoms. The number of carbonyl (C=O) groups is 1. The fourth-order valence-corrected chi connectivity index (χ4v) is 3.33. The molecule has 106 valence electrons. The summed E-state index contributed by atoms with van der Waals surface area (Å²) < 4.78 is 0.692. The van der Waals surface area contributed by atoms with Gasteiger partial charge >= 0.3 is 5.97 Å². The first kappa shape index (κ1) is 14.7. The first-order chi connectivity index (χ1) is 9.66. The summed E-state index contributed by atoms with van der Waals surface area (Å²) in [6.07, 6.45) is 0.182. The molecule has 2 aromatic rings. The van der Waals surface area contributed by atoms with Gasteiger partial charge in [0.05, 0.1) is 6.42 Å². The highest BCUT2D eigenvalue weighted by molar-refractivity contribution is 8.76. The molecule has 2 N–H and O–H groups in total. The molecule has 1 heterocycles. The summed E-state index contributed by atoms with van der Waals surface area (Å²) in [6, 6.07) is 12.3.